The smallest absolute Gasteiger partial charge is 0.137 e. The van der Waals surface area contributed by atoms with E-state index in [1.807, 2.05) is 0 Å². The molecule has 0 saturated carbocycles. The minimum atomic E-state index is -0.574. The lowest BCUT2D eigenvalue weighted by molar-refractivity contribution is 0.574. The fraction of sp³-hybridized carbons (Fsp3) is 0.364. The first kappa shape index (κ1) is 17.8. The van der Waals surface area contributed by atoms with Crippen LogP contribution in [0.4, 0.5) is 13.2 Å². The summed E-state index contributed by atoms with van der Waals surface area (Å²) in [6.07, 6.45) is 8.98. The van der Waals surface area contributed by atoms with E-state index < -0.39 is 17.5 Å². The maximum Gasteiger partial charge on any atom is 0.137 e. The Bertz CT molecular complexity index is 773. The third-order valence-corrected chi connectivity index (χ3v) is 4.91. The van der Waals surface area contributed by atoms with Gasteiger partial charge in [0.15, 0.2) is 0 Å². The maximum atomic E-state index is 14.9. The van der Waals surface area contributed by atoms with Gasteiger partial charge >= 0.3 is 0 Å². The van der Waals surface area contributed by atoms with Crippen LogP contribution in [0.25, 0.3) is 11.1 Å². The van der Waals surface area contributed by atoms with E-state index in [1.54, 1.807) is 0 Å². The number of hydrogen-bond acceptors (Lipinski definition) is 0. The summed E-state index contributed by atoms with van der Waals surface area (Å²) >= 11 is 0. The van der Waals surface area contributed by atoms with Gasteiger partial charge in [0.2, 0.25) is 0 Å². The molecule has 0 amide bonds. The van der Waals surface area contributed by atoms with Gasteiger partial charge in [0, 0.05) is 0 Å². The predicted molar refractivity (Wildman–Crippen MR) is 96.0 cm³/mol. The van der Waals surface area contributed by atoms with Crippen LogP contribution in [0.3, 0.4) is 0 Å². The number of benzene rings is 2. The van der Waals surface area contributed by atoms with Crippen molar-refractivity contribution >= 4 is 0 Å². The molecule has 0 aliphatic heterocycles. The van der Waals surface area contributed by atoms with E-state index in [9.17, 15) is 13.2 Å². The molecule has 3 rings (SSSR count). The van der Waals surface area contributed by atoms with E-state index in [0.717, 1.165) is 18.4 Å². The Balaban J connectivity index is 1.83. The molecule has 0 radical (unpaired) electrons. The van der Waals surface area contributed by atoms with Crippen molar-refractivity contribution in [3.05, 3.63) is 70.6 Å². The van der Waals surface area contributed by atoms with Crippen molar-refractivity contribution < 1.29 is 13.2 Å². The van der Waals surface area contributed by atoms with Gasteiger partial charge in [-0.25, -0.2) is 13.2 Å². The molecule has 0 N–H and O–H groups in total. The predicted octanol–water partition coefficient (Wildman–Crippen LogP) is 6.77. The Kier molecular flexibility index (Phi) is 5.62. The third-order valence-electron chi connectivity index (χ3n) is 4.91. The highest BCUT2D eigenvalue weighted by atomic mass is 19.1. The first-order valence-electron chi connectivity index (χ1n) is 9.03. The molecular formula is C22H23F3. The molecular weight excluding hydrogens is 321 g/mol. The van der Waals surface area contributed by atoms with Crippen molar-refractivity contribution in [3.8, 4) is 11.1 Å². The van der Waals surface area contributed by atoms with Crippen molar-refractivity contribution in [1.29, 1.82) is 0 Å². The molecule has 2 aromatic rings. The van der Waals surface area contributed by atoms with E-state index in [0.29, 0.717) is 24.0 Å². The second-order valence-corrected chi connectivity index (χ2v) is 6.75. The zero-order chi connectivity index (χ0) is 17.8. The number of fused-ring (bicyclic) bond motifs is 1. The minimum Gasteiger partial charge on any atom is -0.207 e. The summed E-state index contributed by atoms with van der Waals surface area (Å²) in [4.78, 5) is 0. The largest absolute Gasteiger partial charge is 0.207 e. The van der Waals surface area contributed by atoms with Crippen LogP contribution in [0, 0.1) is 17.5 Å². The standard InChI is InChI=1S/C22H23F3/c1-2-3-4-5-6-15-7-12-19-17(13-15)14-20(24)21(22(19)25)16-8-10-18(23)11-9-16/h7-11,14H,2-6,12-13H2,1H3. The van der Waals surface area contributed by atoms with E-state index >= 15 is 0 Å². The summed E-state index contributed by atoms with van der Waals surface area (Å²) in [5.41, 5.74) is 2.90. The highest BCUT2D eigenvalue weighted by Gasteiger charge is 2.22. The molecule has 25 heavy (non-hydrogen) atoms. The molecule has 0 bridgehead atoms. The van der Waals surface area contributed by atoms with Crippen molar-refractivity contribution in [2.24, 2.45) is 0 Å². The highest BCUT2D eigenvalue weighted by Crippen LogP contribution is 2.34. The van der Waals surface area contributed by atoms with Gasteiger partial charge in [0.1, 0.15) is 17.5 Å². The number of rotatable bonds is 6. The quantitative estimate of drug-likeness (QED) is 0.401. The SMILES string of the molecule is CCCCCCC1=CCc2c(cc(F)c(-c3ccc(F)cc3)c2F)C1. The summed E-state index contributed by atoms with van der Waals surface area (Å²) in [5.74, 6) is -1.50. The Labute approximate surface area is 147 Å². The Morgan fingerprint density at radius 1 is 0.960 bits per heavy atom. The Hall–Kier alpha value is -2.03. The summed E-state index contributed by atoms with van der Waals surface area (Å²) in [7, 11) is 0. The molecule has 0 spiro atoms. The van der Waals surface area contributed by atoms with E-state index in [-0.39, 0.29) is 5.56 Å². The molecule has 0 aromatic heterocycles. The van der Waals surface area contributed by atoms with Gasteiger partial charge in [-0.1, -0.05) is 50.0 Å². The summed E-state index contributed by atoms with van der Waals surface area (Å²) in [6, 6.07) is 6.74. The molecule has 1 aliphatic rings. The van der Waals surface area contributed by atoms with Gasteiger partial charge in [-0.05, 0) is 60.6 Å². The van der Waals surface area contributed by atoms with E-state index in [1.165, 1.54) is 55.2 Å². The zero-order valence-corrected chi connectivity index (χ0v) is 14.5. The van der Waals surface area contributed by atoms with E-state index in [2.05, 4.69) is 13.0 Å². The van der Waals surface area contributed by atoms with Gasteiger partial charge in [-0.2, -0.15) is 0 Å². The van der Waals surface area contributed by atoms with Crippen LogP contribution in [0.15, 0.2) is 42.0 Å². The van der Waals surface area contributed by atoms with Crippen LogP contribution in [0.5, 0.6) is 0 Å². The molecule has 3 heteroatoms. The van der Waals surface area contributed by atoms with Crippen LogP contribution in [-0.4, -0.2) is 0 Å². The number of allylic oxidation sites excluding steroid dienone is 2. The van der Waals surface area contributed by atoms with Crippen LogP contribution >= 0.6 is 0 Å². The molecule has 0 saturated heterocycles. The molecule has 132 valence electrons. The summed E-state index contributed by atoms with van der Waals surface area (Å²) in [6.45, 7) is 2.18. The summed E-state index contributed by atoms with van der Waals surface area (Å²) in [5, 5.41) is 0. The summed E-state index contributed by atoms with van der Waals surface area (Å²) < 4.78 is 42.5. The molecule has 1 aliphatic carbocycles. The average molecular weight is 344 g/mol. The lowest BCUT2D eigenvalue weighted by Gasteiger charge is -2.20. The van der Waals surface area contributed by atoms with E-state index in [4.69, 9.17) is 0 Å². The fourth-order valence-corrected chi connectivity index (χ4v) is 3.50. The van der Waals surface area contributed by atoms with Crippen LogP contribution in [0.1, 0.15) is 50.2 Å². The second-order valence-electron chi connectivity index (χ2n) is 6.75. The Morgan fingerprint density at radius 2 is 1.72 bits per heavy atom. The van der Waals surface area contributed by atoms with Crippen molar-refractivity contribution in [3.63, 3.8) is 0 Å². The molecule has 0 unspecified atom stereocenters. The molecule has 0 nitrogen and oxygen atoms in total. The number of hydrogen-bond donors (Lipinski definition) is 0. The first-order chi connectivity index (χ1) is 12.1. The van der Waals surface area contributed by atoms with Gasteiger partial charge in [0.25, 0.3) is 0 Å². The van der Waals surface area contributed by atoms with Gasteiger partial charge < -0.3 is 0 Å². The number of unbranched alkanes of at least 4 members (excludes halogenated alkanes) is 3. The lowest BCUT2D eigenvalue weighted by atomic mass is 9.86. The van der Waals surface area contributed by atoms with Crippen LogP contribution in [-0.2, 0) is 12.8 Å². The van der Waals surface area contributed by atoms with Gasteiger partial charge in [-0.3, -0.25) is 0 Å². The topological polar surface area (TPSA) is 0 Å². The fourth-order valence-electron chi connectivity index (χ4n) is 3.50. The van der Waals surface area contributed by atoms with Crippen LogP contribution < -0.4 is 0 Å². The molecule has 2 aromatic carbocycles. The van der Waals surface area contributed by atoms with Crippen molar-refractivity contribution in [2.75, 3.05) is 0 Å². The van der Waals surface area contributed by atoms with Crippen molar-refractivity contribution in [1.82, 2.24) is 0 Å². The third kappa shape index (κ3) is 3.97. The molecule has 0 heterocycles. The van der Waals surface area contributed by atoms with Crippen molar-refractivity contribution in [2.45, 2.75) is 51.9 Å². The lowest BCUT2D eigenvalue weighted by Crippen LogP contribution is -2.09. The van der Waals surface area contributed by atoms with Crippen LogP contribution in [0.2, 0.25) is 0 Å². The zero-order valence-electron chi connectivity index (χ0n) is 14.5. The minimum absolute atomic E-state index is 0.0569. The molecule has 0 fully saturated rings. The number of halogens is 3. The first-order valence-corrected chi connectivity index (χ1v) is 9.03. The molecule has 0 atom stereocenters. The second kappa shape index (κ2) is 7.90. The monoisotopic (exact) mass is 344 g/mol. The maximum absolute atomic E-state index is 14.9. The average Bonchev–Trinajstić information content (AvgIpc) is 2.60. The highest BCUT2D eigenvalue weighted by molar-refractivity contribution is 5.67. The van der Waals surface area contributed by atoms with Gasteiger partial charge in [-0.15, -0.1) is 0 Å². The Morgan fingerprint density at radius 3 is 2.44 bits per heavy atom. The van der Waals surface area contributed by atoms with Gasteiger partial charge in [0.05, 0.1) is 5.56 Å². The normalized spacial score (nSPS) is 13.5.